The lowest BCUT2D eigenvalue weighted by molar-refractivity contribution is 0.378. The molecule has 2 rings (SSSR count). The lowest BCUT2D eigenvalue weighted by Gasteiger charge is -2.23. The van der Waals surface area contributed by atoms with Crippen molar-refractivity contribution in [2.75, 3.05) is 5.73 Å². The summed E-state index contributed by atoms with van der Waals surface area (Å²) in [6.45, 7) is 6.54. The van der Waals surface area contributed by atoms with E-state index in [0.717, 1.165) is 17.5 Å². The summed E-state index contributed by atoms with van der Waals surface area (Å²) in [5.74, 6) is 1.05. The molecule has 0 bridgehead atoms. The molecule has 2 N–H and O–H groups in total. The van der Waals surface area contributed by atoms with Gasteiger partial charge in [-0.15, -0.1) is 0 Å². The molecular formula is C13H18ClN3. The van der Waals surface area contributed by atoms with Gasteiger partial charge in [0, 0.05) is 6.04 Å². The molecule has 2 aromatic rings. The van der Waals surface area contributed by atoms with E-state index in [1.54, 1.807) is 0 Å². The zero-order chi connectivity index (χ0) is 12.6. The number of aromatic nitrogens is 2. The molecule has 4 heteroatoms. The second kappa shape index (κ2) is 4.57. The van der Waals surface area contributed by atoms with E-state index in [-0.39, 0.29) is 0 Å². The van der Waals surface area contributed by atoms with Gasteiger partial charge in [-0.2, -0.15) is 0 Å². The first-order valence-electron chi connectivity index (χ1n) is 5.98. The number of fused-ring (bicyclic) bond motifs is 1. The summed E-state index contributed by atoms with van der Waals surface area (Å²) in [6, 6.07) is 6.06. The minimum Gasteiger partial charge on any atom is -0.369 e. The number of nitrogens with two attached hydrogens (primary N) is 1. The van der Waals surface area contributed by atoms with Gasteiger partial charge in [-0.05, 0) is 24.5 Å². The van der Waals surface area contributed by atoms with E-state index in [4.69, 9.17) is 17.3 Å². The first kappa shape index (κ1) is 12.2. The molecule has 1 heterocycles. The average Bonchev–Trinajstić information content (AvgIpc) is 2.58. The Hall–Kier alpha value is -1.22. The molecule has 1 atom stereocenters. The quantitative estimate of drug-likeness (QED) is 0.900. The number of nitrogens with zero attached hydrogens (tertiary/aromatic N) is 2. The number of hydrogen-bond donors (Lipinski definition) is 1. The van der Waals surface area contributed by atoms with E-state index in [2.05, 4.69) is 30.3 Å². The van der Waals surface area contributed by atoms with Crippen LogP contribution in [0.3, 0.4) is 0 Å². The number of para-hydroxylation sites is 1. The second-order valence-electron chi connectivity index (χ2n) is 4.67. The van der Waals surface area contributed by atoms with Crippen molar-refractivity contribution in [3.05, 3.63) is 23.2 Å². The smallest absolute Gasteiger partial charge is 0.201 e. The molecule has 0 spiro atoms. The Balaban J connectivity index is 2.71. The highest BCUT2D eigenvalue weighted by atomic mass is 35.5. The minimum absolute atomic E-state index is 0.333. The van der Waals surface area contributed by atoms with Gasteiger partial charge >= 0.3 is 0 Å². The monoisotopic (exact) mass is 251 g/mol. The summed E-state index contributed by atoms with van der Waals surface area (Å²) in [5.41, 5.74) is 7.85. The fourth-order valence-corrected chi connectivity index (χ4v) is 2.67. The number of rotatable bonds is 3. The van der Waals surface area contributed by atoms with Crippen LogP contribution < -0.4 is 5.73 Å². The number of halogens is 1. The SMILES string of the molecule is CCC(C(C)C)n1c(N)nc2cccc(Cl)c21. The molecule has 0 saturated carbocycles. The van der Waals surface area contributed by atoms with Crippen molar-refractivity contribution in [3.63, 3.8) is 0 Å². The Morgan fingerprint density at radius 2 is 2.12 bits per heavy atom. The zero-order valence-electron chi connectivity index (χ0n) is 10.4. The van der Waals surface area contributed by atoms with E-state index >= 15 is 0 Å². The highest BCUT2D eigenvalue weighted by molar-refractivity contribution is 6.35. The third-order valence-corrected chi connectivity index (χ3v) is 3.51. The van der Waals surface area contributed by atoms with Crippen molar-refractivity contribution >= 4 is 28.6 Å². The van der Waals surface area contributed by atoms with Gasteiger partial charge in [0.2, 0.25) is 5.95 Å². The second-order valence-corrected chi connectivity index (χ2v) is 5.07. The molecule has 0 radical (unpaired) electrons. The Kier molecular flexibility index (Phi) is 3.29. The highest BCUT2D eigenvalue weighted by Gasteiger charge is 2.20. The van der Waals surface area contributed by atoms with Crippen molar-refractivity contribution in [1.29, 1.82) is 0 Å². The van der Waals surface area contributed by atoms with Crippen LogP contribution in [-0.4, -0.2) is 9.55 Å². The lowest BCUT2D eigenvalue weighted by Crippen LogP contribution is -2.16. The molecule has 0 aliphatic heterocycles. The normalized spacial score (nSPS) is 13.5. The van der Waals surface area contributed by atoms with Crippen LogP contribution in [0.25, 0.3) is 11.0 Å². The molecule has 3 nitrogen and oxygen atoms in total. The van der Waals surface area contributed by atoms with Gasteiger partial charge in [0.25, 0.3) is 0 Å². The molecule has 0 saturated heterocycles. The van der Waals surface area contributed by atoms with E-state index < -0.39 is 0 Å². The third-order valence-electron chi connectivity index (χ3n) is 3.21. The van der Waals surface area contributed by atoms with Gasteiger partial charge in [-0.25, -0.2) is 4.98 Å². The molecule has 0 fully saturated rings. The highest BCUT2D eigenvalue weighted by Crippen LogP contribution is 2.33. The van der Waals surface area contributed by atoms with Crippen LogP contribution in [0.15, 0.2) is 18.2 Å². The molecule has 0 aliphatic carbocycles. The number of imidazole rings is 1. The zero-order valence-corrected chi connectivity index (χ0v) is 11.2. The molecule has 0 amide bonds. The van der Waals surface area contributed by atoms with Crippen LogP contribution >= 0.6 is 11.6 Å². The summed E-state index contributed by atoms with van der Waals surface area (Å²) in [5, 5.41) is 0.714. The number of anilines is 1. The molecular weight excluding hydrogens is 234 g/mol. The molecule has 0 aliphatic rings. The number of hydrogen-bond acceptors (Lipinski definition) is 2. The van der Waals surface area contributed by atoms with Gasteiger partial charge in [-0.1, -0.05) is 38.4 Å². The maximum Gasteiger partial charge on any atom is 0.201 e. The molecule has 92 valence electrons. The summed E-state index contributed by atoms with van der Waals surface area (Å²) < 4.78 is 2.07. The van der Waals surface area contributed by atoms with Crippen LogP contribution in [0.2, 0.25) is 5.02 Å². The minimum atomic E-state index is 0.333. The van der Waals surface area contributed by atoms with Gasteiger partial charge in [0.05, 0.1) is 16.1 Å². The van der Waals surface area contributed by atoms with Crippen molar-refractivity contribution in [2.45, 2.75) is 33.2 Å². The number of nitrogen functional groups attached to an aromatic ring is 1. The first-order chi connectivity index (χ1) is 8.06. The summed E-state index contributed by atoms with van der Waals surface area (Å²) in [4.78, 5) is 4.38. The summed E-state index contributed by atoms with van der Waals surface area (Å²) >= 11 is 6.26. The largest absolute Gasteiger partial charge is 0.369 e. The predicted molar refractivity (Wildman–Crippen MR) is 73.3 cm³/mol. The standard InChI is InChI=1S/C13H18ClN3/c1-4-11(8(2)3)17-12-9(14)6-5-7-10(12)16-13(17)15/h5-8,11H,4H2,1-3H3,(H2,15,16). The molecule has 1 aromatic heterocycles. The van der Waals surface area contributed by atoms with Crippen LogP contribution in [-0.2, 0) is 0 Å². The van der Waals surface area contributed by atoms with Crippen LogP contribution in [0.5, 0.6) is 0 Å². The Bertz CT molecular complexity index is 531. The molecule has 17 heavy (non-hydrogen) atoms. The molecule has 1 unspecified atom stereocenters. The predicted octanol–water partition coefficient (Wildman–Crippen LogP) is 3.88. The average molecular weight is 252 g/mol. The summed E-state index contributed by atoms with van der Waals surface area (Å²) in [6.07, 6.45) is 1.01. The summed E-state index contributed by atoms with van der Waals surface area (Å²) in [7, 11) is 0. The fourth-order valence-electron chi connectivity index (χ4n) is 2.41. The van der Waals surface area contributed by atoms with E-state index in [0.29, 0.717) is 22.9 Å². The maximum atomic E-state index is 6.26. The van der Waals surface area contributed by atoms with E-state index in [1.165, 1.54) is 0 Å². The van der Waals surface area contributed by atoms with Crippen LogP contribution in [0.4, 0.5) is 5.95 Å². The van der Waals surface area contributed by atoms with Crippen molar-refractivity contribution < 1.29 is 0 Å². The van der Waals surface area contributed by atoms with E-state index in [1.807, 2.05) is 18.2 Å². The first-order valence-corrected chi connectivity index (χ1v) is 6.36. The molecule has 1 aromatic carbocycles. The van der Waals surface area contributed by atoms with Crippen LogP contribution in [0, 0.1) is 5.92 Å². The Morgan fingerprint density at radius 3 is 2.71 bits per heavy atom. The van der Waals surface area contributed by atoms with E-state index in [9.17, 15) is 0 Å². The van der Waals surface area contributed by atoms with Gasteiger partial charge in [0.1, 0.15) is 0 Å². The van der Waals surface area contributed by atoms with Crippen LogP contribution in [0.1, 0.15) is 33.2 Å². The van der Waals surface area contributed by atoms with Crippen molar-refractivity contribution in [3.8, 4) is 0 Å². The maximum absolute atomic E-state index is 6.26. The number of benzene rings is 1. The van der Waals surface area contributed by atoms with Crippen molar-refractivity contribution in [2.24, 2.45) is 5.92 Å². The lowest BCUT2D eigenvalue weighted by atomic mass is 10.0. The Morgan fingerprint density at radius 1 is 1.41 bits per heavy atom. The Labute approximate surface area is 107 Å². The van der Waals surface area contributed by atoms with Gasteiger partial charge in [-0.3, -0.25) is 0 Å². The fraction of sp³-hybridized carbons (Fsp3) is 0.462. The third kappa shape index (κ3) is 2.00. The topological polar surface area (TPSA) is 43.8 Å². The van der Waals surface area contributed by atoms with Crippen molar-refractivity contribution in [1.82, 2.24) is 9.55 Å². The van der Waals surface area contributed by atoms with Gasteiger partial charge < -0.3 is 10.3 Å². The van der Waals surface area contributed by atoms with Gasteiger partial charge in [0.15, 0.2) is 0 Å².